The Morgan fingerprint density at radius 2 is 2.16 bits per heavy atom. The molecule has 0 aliphatic carbocycles. The first kappa shape index (κ1) is 13.9. The Kier molecular flexibility index (Phi) is 3.81. The largest absolute Gasteiger partial charge is 0.464 e. The van der Waals surface area contributed by atoms with Crippen LogP contribution in [0.2, 0.25) is 0 Å². The highest BCUT2D eigenvalue weighted by atomic mass is 32.2. The molecule has 0 amide bonds. The number of nitrogens with zero attached hydrogens (tertiary/aromatic N) is 2. The van der Waals surface area contributed by atoms with Gasteiger partial charge in [0, 0.05) is 31.3 Å². The molecule has 0 saturated heterocycles. The van der Waals surface area contributed by atoms with Gasteiger partial charge in [-0.1, -0.05) is 0 Å². The van der Waals surface area contributed by atoms with Gasteiger partial charge in [-0.3, -0.25) is 0 Å². The highest BCUT2D eigenvalue weighted by Gasteiger charge is 2.23. The molecule has 2 rings (SSSR count). The fraction of sp³-hybridized carbons (Fsp3) is 0.545. The second kappa shape index (κ2) is 5.22. The molecule has 0 bridgehead atoms. The van der Waals surface area contributed by atoms with Gasteiger partial charge in [0.1, 0.15) is 11.6 Å². The summed E-state index contributed by atoms with van der Waals surface area (Å²) in [6.45, 7) is 1.22. The number of hydrogen-bond acceptors (Lipinski definition) is 7. The minimum atomic E-state index is -3.25. The van der Waals surface area contributed by atoms with E-state index >= 15 is 0 Å². The van der Waals surface area contributed by atoms with Crippen molar-refractivity contribution in [3.63, 3.8) is 0 Å². The lowest BCUT2D eigenvalue weighted by molar-refractivity contribution is 0.0591. The second-order valence-corrected chi connectivity index (χ2v) is 6.54. The van der Waals surface area contributed by atoms with Crippen molar-refractivity contribution < 1.29 is 17.9 Å². The van der Waals surface area contributed by atoms with Crippen LogP contribution in [0.4, 0.5) is 0 Å². The predicted octanol–water partition coefficient (Wildman–Crippen LogP) is -0.546. The summed E-state index contributed by atoms with van der Waals surface area (Å²) in [5.41, 5.74) is 1.56. The lowest BCUT2D eigenvalue weighted by atomic mass is 10.1. The van der Waals surface area contributed by atoms with Gasteiger partial charge in [0.05, 0.1) is 12.8 Å². The molecule has 1 N–H and O–H groups in total. The molecule has 0 spiro atoms. The van der Waals surface area contributed by atoms with Crippen LogP contribution in [0.3, 0.4) is 0 Å². The van der Waals surface area contributed by atoms with Crippen molar-refractivity contribution in [1.82, 2.24) is 15.3 Å². The number of ether oxygens (including phenoxy) is 1. The molecule has 1 aliphatic heterocycles. The highest BCUT2D eigenvalue weighted by molar-refractivity contribution is 7.89. The lowest BCUT2D eigenvalue weighted by Gasteiger charge is -2.18. The number of sulfone groups is 1. The third kappa shape index (κ3) is 3.27. The number of methoxy groups -OCH3 is 1. The normalized spacial score (nSPS) is 14.8. The van der Waals surface area contributed by atoms with E-state index in [-0.39, 0.29) is 17.3 Å². The van der Waals surface area contributed by atoms with E-state index in [1.165, 1.54) is 7.11 Å². The Labute approximate surface area is 111 Å². The first-order valence-corrected chi connectivity index (χ1v) is 7.82. The van der Waals surface area contributed by atoms with Crippen LogP contribution in [-0.4, -0.2) is 44.3 Å². The SMILES string of the molecule is COC(=O)c1nc(CS(C)(=O)=O)nc2c1CNCC2. The highest BCUT2D eigenvalue weighted by Crippen LogP contribution is 2.17. The zero-order valence-electron chi connectivity index (χ0n) is 10.8. The Bertz CT molecular complexity index is 613. The van der Waals surface area contributed by atoms with E-state index in [4.69, 9.17) is 0 Å². The first-order chi connectivity index (χ1) is 8.90. The van der Waals surface area contributed by atoms with Gasteiger partial charge in [-0.15, -0.1) is 0 Å². The Hall–Kier alpha value is -1.54. The molecule has 8 heteroatoms. The Balaban J connectivity index is 2.51. The van der Waals surface area contributed by atoms with Crippen molar-refractivity contribution in [3.8, 4) is 0 Å². The van der Waals surface area contributed by atoms with Gasteiger partial charge >= 0.3 is 5.97 Å². The van der Waals surface area contributed by atoms with Crippen LogP contribution in [0.15, 0.2) is 0 Å². The van der Waals surface area contributed by atoms with Crippen LogP contribution < -0.4 is 5.32 Å². The summed E-state index contributed by atoms with van der Waals surface area (Å²) in [5, 5.41) is 3.12. The van der Waals surface area contributed by atoms with Gasteiger partial charge in [0.15, 0.2) is 15.5 Å². The number of nitrogens with one attached hydrogen (secondary N) is 1. The first-order valence-electron chi connectivity index (χ1n) is 5.76. The summed E-state index contributed by atoms with van der Waals surface area (Å²) < 4.78 is 27.3. The molecular weight excluding hydrogens is 270 g/mol. The fourth-order valence-electron chi connectivity index (χ4n) is 1.96. The van der Waals surface area contributed by atoms with Crippen molar-refractivity contribution in [2.45, 2.75) is 18.7 Å². The molecule has 104 valence electrons. The predicted molar refractivity (Wildman–Crippen MR) is 67.3 cm³/mol. The van der Waals surface area contributed by atoms with Crippen LogP contribution in [0.25, 0.3) is 0 Å². The number of carbonyl (C=O) groups is 1. The molecule has 1 aromatic heterocycles. The van der Waals surface area contributed by atoms with Crippen molar-refractivity contribution in [2.24, 2.45) is 0 Å². The number of carbonyl (C=O) groups excluding carboxylic acids is 1. The number of hydrogen-bond donors (Lipinski definition) is 1. The number of esters is 1. The molecule has 7 nitrogen and oxygen atoms in total. The zero-order chi connectivity index (χ0) is 14.0. The van der Waals surface area contributed by atoms with Crippen LogP contribution in [0.1, 0.15) is 27.6 Å². The van der Waals surface area contributed by atoms with Crippen LogP contribution in [0, 0.1) is 0 Å². The van der Waals surface area contributed by atoms with Gasteiger partial charge in [0.2, 0.25) is 0 Å². The molecule has 2 heterocycles. The third-order valence-electron chi connectivity index (χ3n) is 2.75. The molecular formula is C11H15N3O4S. The van der Waals surface area contributed by atoms with Crippen LogP contribution in [0.5, 0.6) is 0 Å². The van der Waals surface area contributed by atoms with Gasteiger partial charge in [-0.25, -0.2) is 23.2 Å². The average molecular weight is 285 g/mol. The summed E-state index contributed by atoms with van der Waals surface area (Å²) in [6, 6.07) is 0. The molecule has 0 saturated carbocycles. The number of aromatic nitrogens is 2. The summed E-state index contributed by atoms with van der Waals surface area (Å²) in [6.07, 6.45) is 1.74. The third-order valence-corrected chi connectivity index (χ3v) is 3.53. The fourth-order valence-corrected chi connectivity index (χ4v) is 2.56. The van der Waals surface area contributed by atoms with E-state index in [1.807, 2.05) is 0 Å². The summed E-state index contributed by atoms with van der Waals surface area (Å²) in [7, 11) is -1.98. The molecule has 0 aromatic carbocycles. The van der Waals surface area contributed by atoms with Crippen molar-refractivity contribution in [3.05, 3.63) is 22.8 Å². The maximum absolute atomic E-state index is 11.7. The van der Waals surface area contributed by atoms with Crippen molar-refractivity contribution in [2.75, 3.05) is 19.9 Å². The molecule has 0 fully saturated rings. The summed E-state index contributed by atoms with van der Waals surface area (Å²) >= 11 is 0. The molecule has 0 radical (unpaired) electrons. The van der Waals surface area contributed by atoms with E-state index in [0.29, 0.717) is 24.2 Å². The van der Waals surface area contributed by atoms with Crippen molar-refractivity contribution >= 4 is 15.8 Å². The summed E-state index contributed by atoms with van der Waals surface area (Å²) in [5.74, 6) is -0.710. The van der Waals surface area contributed by atoms with E-state index in [9.17, 15) is 13.2 Å². The Morgan fingerprint density at radius 1 is 1.42 bits per heavy atom. The quantitative estimate of drug-likeness (QED) is 0.744. The monoisotopic (exact) mass is 285 g/mol. The number of fused-ring (bicyclic) bond motifs is 1. The maximum atomic E-state index is 11.7. The van der Waals surface area contributed by atoms with Gasteiger partial charge in [-0.05, 0) is 0 Å². The summed E-state index contributed by atoms with van der Waals surface area (Å²) in [4.78, 5) is 20.0. The second-order valence-electron chi connectivity index (χ2n) is 4.40. The van der Waals surface area contributed by atoms with Gasteiger partial charge in [-0.2, -0.15) is 0 Å². The average Bonchev–Trinajstić information content (AvgIpc) is 2.35. The van der Waals surface area contributed by atoms with Crippen LogP contribution >= 0.6 is 0 Å². The van der Waals surface area contributed by atoms with Gasteiger partial charge in [0.25, 0.3) is 0 Å². The number of rotatable bonds is 3. The van der Waals surface area contributed by atoms with E-state index < -0.39 is 15.8 Å². The van der Waals surface area contributed by atoms with E-state index in [0.717, 1.165) is 12.8 Å². The smallest absolute Gasteiger partial charge is 0.357 e. The minimum absolute atomic E-state index is 0.142. The lowest BCUT2D eigenvalue weighted by Crippen LogP contribution is -2.29. The van der Waals surface area contributed by atoms with Crippen LogP contribution in [-0.2, 0) is 33.3 Å². The molecule has 1 aliphatic rings. The van der Waals surface area contributed by atoms with Gasteiger partial charge < -0.3 is 10.1 Å². The zero-order valence-corrected chi connectivity index (χ0v) is 11.6. The Morgan fingerprint density at radius 3 is 2.79 bits per heavy atom. The molecule has 19 heavy (non-hydrogen) atoms. The molecule has 1 aromatic rings. The molecule has 0 atom stereocenters. The maximum Gasteiger partial charge on any atom is 0.357 e. The standard InChI is InChI=1S/C11H15N3O4S/c1-18-11(15)10-7-5-12-4-3-8(7)13-9(14-10)6-19(2,16)17/h12H,3-6H2,1-2H3. The van der Waals surface area contributed by atoms with E-state index in [1.54, 1.807) is 0 Å². The molecule has 0 unspecified atom stereocenters. The minimum Gasteiger partial charge on any atom is -0.464 e. The van der Waals surface area contributed by atoms with E-state index in [2.05, 4.69) is 20.0 Å². The van der Waals surface area contributed by atoms with Crippen molar-refractivity contribution in [1.29, 1.82) is 0 Å². The topological polar surface area (TPSA) is 98.2 Å².